The van der Waals surface area contributed by atoms with Crippen LogP contribution in [-0.2, 0) is 17.6 Å². The number of thioether (sulfide) groups is 1. The van der Waals surface area contributed by atoms with Crippen LogP contribution >= 0.6 is 11.8 Å². The van der Waals surface area contributed by atoms with E-state index in [9.17, 15) is 4.79 Å². The van der Waals surface area contributed by atoms with Crippen LogP contribution in [0.3, 0.4) is 0 Å². The summed E-state index contributed by atoms with van der Waals surface area (Å²) in [7, 11) is 0. The number of hydrogen-bond acceptors (Lipinski definition) is 4. The molecule has 0 saturated heterocycles. The highest BCUT2D eigenvalue weighted by Gasteiger charge is 2.16. The number of nitrogens with zero attached hydrogens (tertiary/aromatic N) is 1. The van der Waals surface area contributed by atoms with E-state index in [0.717, 1.165) is 43.2 Å². The van der Waals surface area contributed by atoms with Crippen molar-refractivity contribution in [2.75, 3.05) is 31.4 Å². The van der Waals surface area contributed by atoms with Gasteiger partial charge in [0.25, 0.3) is 0 Å². The average molecular weight is 323 g/mol. The molecule has 1 aromatic rings. The van der Waals surface area contributed by atoms with Crippen molar-refractivity contribution >= 4 is 17.7 Å². The zero-order chi connectivity index (χ0) is 15.9. The van der Waals surface area contributed by atoms with Crippen LogP contribution in [0.1, 0.15) is 31.9 Å². The fourth-order valence-electron chi connectivity index (χ4n) is 2.60. The first kappa shape index (κ1) is 17.0. The summed E-state index contributed by atoms with van der Waals surface area (Å²) in [5, 5.41) is 0. The Labute approximate surface area is 137 Å². The fourth-order valence-corrected chi connectivity index (χ4v) is 3.46. The van der Waals surface area contributed by atoms with Crippen molar-refractivity contribution in [1.29, 1.82) is 0 Å². The van der Waals surface area contributed by atoms with Gasteiger partial charge in [-0.15, -0.1) is 0 Å². The van der Waals surface area contributed by atoms with Gasteiger partial charge in [-0.2, -0.15) is 11.8 Å². The molecule has 22 heavy (non-hydrogen) atoms. The summed E-state index contributed by atoms with van der Waals surface area (Å²) in [6.45, 7) is 8.08. The molecule has 1 amide bonds. The van der Waals surface area contributed by atoms with E-state index < -0.39 is 0 Å². The van der Waals surface area contributed by atoms with Crippen LogP contribution in [0.25, 0.3) is 0 Å². The van der Waals surface area contributed by atoms with Crippen LogP contribution in [0.5, 0.6) is 11.5 Å². The molecule has 0 bridgehead atoms. The van der Waals surface area contributed by atoms with E-state index in [1.54, 1.807) is 11.8 Å². The van der Waals surface area contributed by atoms with Gasteiger partial charge in [0.1, 0.15) is 0 Å². The number of carbonyl (C=O) groups excluding carboxylic acids is 1. The highest BCUT2D eigenvalue weighted by molar-refractivity contribution is 7.99. The molecule has 0 atom stereocenters. The van der Waals surface area contributed by atoms with Gasteiger partial charge in [-0.25, -0.2) is 0 Å². The minimum absolute atomic E-state index is 0.233. The van der Waals surface area contributed by atoms with E-state index in [2.05, 4.69) is 19.1 Å². The van der Waals surface area contributed by atoms with Gasteiger partial charge in [0.05, 0.1) is 5.75 Å². The first-order chi connectivity index (χ1) is 10.7. The molecule has 1 heterocycles. The first-order valence-corrected chi connectivity index (χ1v) is 9.11. The molecule has 5 heteroatoms. The molecular weight excluding hydrogens is 298 g/mol. The summed E-state index contributed by atoms with van der Waals surface area (Å²) in [5.74, 6) is 3.44. The largest absolute Gasteiger partial charge is 0.454 e. The number of hydrogen-bond donors (Lipinski definition) is 0. The second-order valence-electron chi connectivity index (χ2n) is 5.20. The van der Waals surface area contributed by atoms with Crippen LogP contribution in [-0.4, -0.2) is 42.2 Å². The number of aryl methyl sites for hydroxylation is 2. The van der Waals surface area contributed by atoms with Crippen molar-refractivity contribution in [1.82, 2.24) is 4.90 Å². The molecule has 0 fully saturated rings. The Bertz CT molecular complexity index is 515. The quantitative estimate of drug-likeness (QED) is 0.689. The molecule has 1 aromatic carbocycles. The maximum atomic E-state index is 12.0. The van der Waals surface area contributed by atoms with Gasteiger partial charge in [0, 0.05) is 13.1 Å². The Hall–Kier alpha value is -1.36. The summed E-state index contributed by atoms with van der Waals surface area (Å²) in [4.78, 5) is 13.8. The third kappa shape index (κ3) is 4.09. The van der Waals surface area contributed by atoms with Crippen molar-refractivity contribution in [3.8, 4) is 11.5 Å². The van der Waals surface area contributed by atoms with E-state index in [4.69, 9.17) is 9.47 Å². The van der Waals surface area contributed by atoms with E-state index in [1.165, 1.54) is 11.1 Å². The van der Waals surface area contributed by atoms with Crippen molar-refractivity contribution in [3.63, 3.8) is 0 Å². The van der Waals surface area contributed by atoms with Crippen LogP contribution in [0, 0.1) is 0 Å². The molecule has 4 nitrogen and oxygen atoms in total. The molecule has 0 aromatic heterocycles. The second kappa shape index (κ2) is 8.32. The van der Waals surface area contributed by atoms with Gasteiger partial charge in [0.2, 0.25) is 12.7 Å². The summed E-state index contributed by atoms with van der Waals surface area (Å²) in [6.07, 6.45) is 1.94. The van der Waals surface area contributed by atoms with E-state index in [-0.39, 0.29) is 5.91 Å². The number of carbonyl (C=O) groups is 1. The standard InChI is InChI=1S/C17H25NO3S/c1-4-13-9-15-16(21-12-20-15)10-14(13)7-8-22-11-17(19)18(5-2)6-3/h9-10H,4-8,11-12H2,1-3H3. The fraction of sp³-hybridized carbons (Fsp3) is 0.588. The van der Waals surface area contributed by atoms with Crippen LogP contribution in [0.15, 0.2) is 12.1 Å². The van der Waals surface area contributed by atoms with Crippen molar-refractivity contribution in [2.45, 2.75) is 33.6 Å². The SMILES string of the molecule is CCc1cc2c(cc1CCSCC(=O)N(CC)CC)OCO2. The molecule has 2 rings (SSSR count). The highest BCUT2D eigenvalue weighted by Crippen LogP contribution is 2.35. The molecule has 0 unspecified atom stereocenters. The number of ether oxygens (including phenoxy) is 2. The lowest BCUT2D eigenvalue weighted by molar-refractivity contribution is -0.127. The Morgan fingerprint density at radius 3 is 2.36 bits per heavy atom. The molecule has 0 radical (unpaired) electrons. The molecular formula is C17H25NO3S. The second-order valence-corrected chi connectivity index (χ2v) is 6.30. The van der Waals surface area contributed by atoms with Gasteiger partial charge in [0.15, 0.2) is 11.5 Å². The maximum absolute atomic E-state index is 12.0. The summed E-state index contributed by atoms with van der Waals surface area (Å²) in [5.41, 5.74) is 2.61. The summed E-state index contributed by atoms with van der Waals surface area (Å²) in [6, 6.07) is 4.18. The lowest BCUT2D eigenvalue weighted by Crippen LogP contribution is -2.32. The third-order valence-corrected chi connectivity index (χ3v) is 4.88. The predicted octanol–water partition coefficient (Wildman–Crippen LogP) is 3.12. The topological polar surface area (TPSA) is 38.8 Å². The highest BCUT2D eigenvalue weighted by atomic mass is 32.2. The van der Waals surface area contributed by atoms with Gasteiger partial charge in [-0.3, -0.25) is 4.79 Å². The normalized spacial score (nSPS) is 12.5. The van der Waals surface area contributed by atoms with Crippen molar-refractivity contribution in [2.24, 2.45) is 0 Å². The predicted molar refractivity (Wildman–Crippen MR) is 90.9 cm³/mol. The minimum Gasteiger partial charge on any atom is -0.454 e. The van der Waals surface area contributed by atoms with Crippen LogP contribution < -0.4 is 9.47 Å². The zero-order valence-electron chi connectivity index (χ0n) is 13.7. The molecule has 0 aliphatic carbocycles. The smallest absolute Gasteiger partial charge is 0.232 e. The Balaban J connectivity index is 1.86. The average Bonchev–Trinajstić information content (AvgIpc) is 2.99. The van der Waals surface area contributed by atoms with Gasteiger partial charge in [-0.1, -0.05) is 6.92 Å². The van der Waals surface area contributed by atoms with Crippen molar-refractivity contribution < 1.29 is 14.3 Å². The minimum atomic E-state index is 0.233. The molecule has 0 spiro atoms. The van der Waals surface area contributed by atoms with Gasteiger partial charge >= 0.3 is 0 Å². The molecule has 1 aliphatic heterocycles. The monoisotopic (exact) mass is 323 g/mol. The van der Waals surface area contributed by atoms with E-state index >= 15 is 0 Å². The first-order valence-electron chi connectivity index (χ1n) is 7.96. The van der Waals surface area contributed by atoms with Crippen molar-refractivity contribution in [3.05, 3.63) is 23.3 Å². The van der Waals surface area contributed by atoms with Gasteiger partial charge in [-0.05, 0) is 55.7 Å². The number of benzene rings is 1. The van der Waals surface area contributed by atoms with Gasteiger partial charge < -0.3 is 14.4 Å². The third-order valence-electron chi connectivity index (χ3n) is 3.93. The molecule has 1 aliphatic rings. The molecule has 122 valence electrons. The van der Waals surface area contributed by atoms with Crippen LogP contribution in [0.4, 0.5) is 0 Å². The summed E-state index contributed by atoms with van der Waals surface area (Å²) >= 11 is 1.70. The molecule has 0 N–H and O–H groups in total. The Morgan fingerprint density at radius 2 is 1.77 bits per heavy atom. The Kier molecular flexibility index (Phi) is 6.43. The van der Waals surface area contributed by atoms with Crippen LogP contribution in [0.2, 0.25) is 0 Å². The maximum Gasteiger partial charge on any atom is 0.232 e. The number of fused-ring (bicyclic) bond motifs is 1. The van der Waals surface area contributed by atoms with E-state index in [1.807, 2.05) is 18.7 Å². The Morgan fingerprint density at radius 1 is 1.14 bits per heavy atom. The lowest BCUT2D eigenvalue weighted by Gasteiger charge is -2.18. The molecule has 0 saturated carbocycles. The van der Waals surface area contributed by atoms with E-state index in [0.29, 0.717) is 12.5 Å². The zero-order valence-corrected chi connectivity index (χ0v) is 14.5. The number of amides is 1. The lowest BCUT2D eigenvalue weighted by atomic mass is 10.0. The summed E-state index contributed by atoms with van der Waals surface area (Å²) < 4.78 is 10.9. The number of rotatable bonds is 8.